The molecule has 0 heterocycles. The zero-order chi connectivity index (χ0) is 18.5. The minimum absolute atomic E-state index is 0.00185. The van der Waals surface area contributed by atoms with Crippen LogP contribution in [-0.4, -0.2) is 29.4 Å². The fourth-order valence-corrected chi connectivity index (χ4v) is 3.94. The van der Waals surface area contributed by atoms with Crippen LogP contribution in [0.25, 0.3) is 0 Å². The van der Waals surface area contributed by atoms with Crippen molar-refractivity contribution in [3.05, 3.63) is 53.6 Å². The summed E-state index contributed by atoms with van der Waals surface area (Å²) in [6.45, 7) is 0.932. The Hall–Kier alpha value is -1.66. The first-order valence-corrected chi connectivity index (χ1v) is 9.95. The molecule has 2 unspecified atom stereocenters. The molecule has 6 heteroatoms. The third-order valence-electron chi connectivity index (χ3n) is 4.66. The number of allylic oxidation sites excluding steroid dienone is 2. The summed E-state index contributed by atoms with van der Waals surface area (Å²) in [7, 11) is 0. The number of hydrogen-bond acceptors (Lipinski definition) is 3. The highest BCUT2D eigenvalue weighted by Gasteiger charge is 2.26. The summed E-state index contributed by atoms with van der Waals surface area (Å²) in [6, 6.07) is 2.85. The second-order valence-electron chi connectivity index (χ2n) is 6.83. The molecule has 1 aromatic rings. The van der Waals surface area contributed by atoms with Crippen LogP contribution in [0.4, 0.5) is 8.78 Å². The van der Waals surface area contributed by atoms with Crippen molar-refractivity contribution in [3.8, 4) is 0 Å². The molecule has 1 saturated carbocycles. The highest BCUT2D eigenvalue weighted by molar-refractivity contribution is 7.99. The summed E-state index contributed by atoms with van der Waals surface area (Å²) in [5.41, 5.74) is 0.615. The monoisotopic (exact) mass is 379 g/mol. The summed E-state index contributed by atoms with van der Waals surface area (Å²) in [5.74, 6) is -1.06. The highest BCUT2D eigenvalue weighted by Crippen LogP contribution is 2.33. The molecule has 0 amide bonds. The van der Waals surface area contributed by atoms with E-state index in [-0.39, 0.29) is 23.3 Å². The van der Waals surface area contributed by atoms with Crippen LogP contribution in [0.3, 0.4) is 0 Å². The highest BCUT2D eigenvalue weighted by atomic mass is 32.2. The first-order chi connectivity index (χ1) is 12.5. The molecule has 0 spiro atoms. The van der Waals surface area contributed by atoms with Gasteiger partial charge in [-0.25, -0.2) is 8.78 Å². The standard InChI is InChI=1S/C20H23F2NO2S/c21-16-10-14(11-17(22)20(16)26-9-3-6-19(24)25)15-4-1-2-5-18(15)23-12-13-7-8-13/h1-2,4-5,10-11,13,15,18,23H,3,6-9,12H2,(H,24,25). The Kier molecular flexibility index (Phi) is 6.48. The van der Waals surface area contributed by atoms with Crippen molar-refractivity contribution in [2.24, 2.45) is 5.92 Å². The average Bonchev–Trinajstić information content (AvgIpc) is 3.43. The molecule has 0 bridgehead atoms. The molecular formula is C20H23F2NO2S. The summed E-state index contributed by atoms with van der Waals surface area (Å²) < 4.78 is 28.9. The number of halogens is 2. The predicted molar refractivity (Wildman–Crippen MR) is 99.5 cm³/mol. The van der Waals surface area contributed by atoms with Crippen LogP contribution >= 0.6 is 11.8 Å². The van der Waals surface area contributed by atoms with Gasteiger partial charge in [0, 0.05) is 18.4 Å². The quantitative estimate of drug-likeness (QED) is 0.490. The number of rotatable bonds is 9. The summed E-state index contributed by atoms with van der Waals surface area (Å²) in [4.78, 5) is 10.5. The van der Waals surface area contributed by atoms with E-state index in [1.54, 1.807) is 0 Å². The molecule has 1 fully saturated rings. The lowest BCUT2D eigenvalue weighted by Crippen LogP contribution is -2.35. The molecule has 3 rings (SSSR count). The van der Waals surface area contributed by atoms with E-state index >= 15 is 0 Å². The summed E-state index contributed by atoms with van der Waals surface area (Å²) >= 11 is 1.03. The Morgan fingerprint density at radius 1 is 1.19 bits per heavy atom. The van der Waals surface area contributed by atoms with Gasteiger partial charge in [-0.2, -0.15) is 0 Å². The molecular weight excluding hydrogens is 356 g/mol. The van der Waals surface area contributed by atoms with Gasteiger partial charge in [0.15, 0.2) is 0 Å². The van der Waals surface area contributed by atoms with Crippen molar-refractivity contribution >= 4 is 17.7 Å². The first kappa shape index (κ1) is 19.1. The number of carboxylic acid groups (broad SMARTS) is 1. The van der Waals surface area contributed by atoms with Gasteiger partial charge in [-0.3, -0.25) is 4.79 Å². The largest absolute Gasteiger partial charge is 0.481 e. The van der Waals surface area contributed by atoms with Crippen LogP contribution in [0.15, 0.2) is 41.3 Å². The van der Waals surface area contributed by atoms with Gasteiger partial charge in [0.25, 0.3) is 0 Å². The van der Waals surface area contributed by atoms with Crippen LogP contribution < -0.4 is 5.32 Å². The molecule has 2 aliphatic carbocycles. The van der Waals surface area contributed by atoms with Gasteiger partial charge in [0.1, 0.15) is 11.6 Å². The van der Waals surface area contributed by atoms with Gasteiger partial charge in [-0.1, -0.05) is 24.3 Å². The first-order valence-electron chi connectivity index (χ1n) is 8.96. The fourth-order valence-electron chi connectivity index (χ4n) is 3.05. The molecule has 0 saturated heterocycles. The Labute approximate surface area is 156 Å². The maximum atomic E-state index is 14.5. The lowest BCUT2D eigenvalue weighted by molar-refractivity contribution is -0.137. The smallest absolute Gasteiger partial charge is 0.303 e. The van der Waals surface area contributed by atoms with E-state index in [4.69, 9.17) is 5.11 Å². The van der Waals surface area contributed by atoms with Gasteiger partial charge < -0.3 is 10.4 Å². The normalized spacial score (nSPS) is 21.9. The topological polar surface area (TPSA) is 49.3 Å². The van der Waals surface area contributed by atoms with E-state index < -0.39 is 17.6 Å². The van der Waals surface area contributed by atoms with Gasteiger partial charge in [0.05, 0.1) is 4.90 Å². The molecule has 3 nitrogen and oxygen atoms in total. The second-order valence-corrected chi connectivity index (χ2v) is 7.94. The van der Waals surface area contributed by atoms with Gasteiger partial charge in [-0.05, 0) is 55.2 Å². The summed E-state index contributed by atoms with van der Waals surface area (Å²) in [6.07, 6.45) is 10.8. The number of benzene rings is 1. The Morgan fingerprint density at radius 2 is 1.88 bits per heavy atom. The van der Waals surface area contributed by atoms with Crippen molar-refractivity contribution in [1.29, 1.82) is 0 Å². The van der Waals surface area contributed by atoms with Crippen LogP contribution in [0.1, 0.15) is 37.2 Å². The van der Waals surface area contributed by atoms with Crippen LogP contribution in [0, 0.1) is 17.6 Å². The van der Waals surface area contributed by atoms with Gasteiger partial charge in [0.2, 0.25) is 0 Å². The molecule has 26 heavy (non-hydrogen) atoms. The van der Waals surface area contributed by atoms with E-state index in [2.05, 4.69) is 5.32 Å². The van der Waals surface area contributed by atoms with Crippen molar-refractivity contribution in [2.75, 3.05) is 12.3 Å². The van der Waals surface area contributed by atoms with Gasteiger partial charge >= 0.3 is 5.97 Å². The molecule has 140 valence electrons. The lowest BCUT2D eigenvalue weighted by Gasteiger charge is -2.26. The maximum Gasteiger partial charge on any atom is 0.303 e. The SMILES string of the molecule is O=C(O)CCCSc1c(F)cc(C2C=CC=CC2NCC2CC2)cc1F. The Balaban J connectivity index is 1.67. The third-order valence-corrected chi connectivity index (χ3v) is 5.83. The second kappa shape index (κ2) is 8.82. The maximum absolute atomic E-state index is 14.5. The third kappa shape index (κ3) is 5.17. The number of carbonyl (C=O) groups is 1. The van der Waals surface area contributed by atoms with E-state index in [1.807, 2.05) is 24.3 Å². The van der Waals surface area contributed by atoms with Crippen LogP contribution in [0.2, 0.25) is 0 Å². The minimum Gasteiger partial charge on any atom is -0.481 e. The van der Waals surface area contributed by atoms with Crippen molar-refractivity contribution in [2.45, 2.75) is 42.5 Å². The van der Waals surface area contributed by atoms with Crippen LogP contribution in [0.5, 0.6) is 0 Å². The molecule has 2 N–H and O–H groups in total. The molecule has 0 radical (unpaired) electrons. The van der Waals surface area contributed by atoms with Gasteiger partial charge in [-0.15, -0.1) is 11.8 Å². The molecule has 2 aliphatic rings. The van der Waals surface area contributed by atoms with Crippen molar-refractivity contribution < 1.29 is 18.7 Å². The lowest BCUT2D eigenvalue weighted by atomic mass is 9.88. The fraction of sp³-hybridized carbons (Fsp3) is 0.450. The number of aliphatic carboxylic acids is 1. The molecule has 0 aromatic heterocycles. The zero-order valence-corrected chi connectivity index (χ0v) is 15.3. The molecule has 2 atom stereocenters. The van der Waals surface area contributed by atoms with E-state index in [0.29, 0.717) is 17.7 Å². The zero-order valence-electron chi connectivity index (χ0n) is 14.5. The van der Waals surface area contributed by atoms with Crippen molar-refractivity contribution in [1.82, 2.24) is 5.32 Å². The van der Waals surface area contributed by atoms with E-state index in [9.17, 15) is 13.6 Å². The van der Waals surface area contributed by atoms with Crippen LogP contribution in [-0.2, 0) is 4.79 Å². The summed E-state index contributed by atoms with van der Waals surface area (Å²) in [5, 5.41) is 12.1. The minimum atomic E-state index is -0.899. The number of hydrogen-bond donors (Lipinski definition) is 2. The van der Waals surface area contributed by atoms with E-state index in [1.165, 1.54) is 25.0 Å². The molecule has 1 aromatic carbocycles. The molecule has 0 aliphatic heterocycles. The van der Waals surface area contributed by atoms with Crippen molar-refractivity contribution in [3.63, 3.8) is 0 Å². The average molecular weight is 379 g/mol. The Bertz CT molecular complexity index is 693. The van der Waals surface area contributed by atoms with E-state index in [0.717, 1.165) is 24.2 Å². The Morgan fingerprint density at radius 3 is 2.54 bits per heavy atom. The number of carboxylic acids is 1. The predicted octanol–water partition coefficient (Wildman–Crippen LogP) is 4.50. The number of thioether (sulfide) groups is 1. The number of nitrogens with one attached hydrogen (secondary N) is 1.